The Bertz CT molecular complexity index is 604. The number of anilines is 1. The minimum Gasteiger partial charge on any atom is -0.369 e. The van der Waals surface area contributed by atoms with Crippen LogP contribution in [0.5, 0.6) is 0 Å². The molecule has 0 spiro atoms. The van der Waals surface area contributed by atoms with Crippen LogP contribution in [0.25, 0.3) is 0 Å². The predicted octanol–water partition coefficient (Wildman–Crippen LogP) is 3.25. The molecule has 0 aliphatic rings. The summed E-state index contributed by atoms with van der Waals surface area (Å²) in [6.07, 6.45) is 3.27. The van der Waals surface area contributed by atoms with E-state index < -0.39 is 11.9 Å². The molecule has 0 aliphatic heterocycles. The van der Waals surface area contributed by atoms with Crippen molar-refractivity contribution in [2.75, 3.05) is 5.32 Å². The van der Waals surface area contributed by atoms with Crippen molar-refractivity contribution >= 4 is 43.5 Å². The van der Waals surface area contributed by atoms with Crippen LogP contribution in [-0.4, -0.2) is 10.9 Å². The van der Waals surface area contributed by atoms with Crippen molar-refractivity contribution in [2.45, 2.75) is 6.04 Å². The van der Waals surface area contributed by atoms with Crippen LogP contribution in [0, 0.1) is 0 Å². The van der Waals surface area contributed by atoms with Crippen molar-refractivity contribution in [1.82, 2.24) is 4.98 Å². The van der Waals surface area contributed by atoms with Gasteiger partial charge in [-0.25, -0.2) is 0 Å². The number of nitrogens with zero attached hydrogens (tertiary/aromatic N) is 1. The van der Waals surface area contributed by atoms with E-state index in [1.54, 1.807) is 12.4 Å². The van der Waals surface area contributed by atoms with Crippen molar-refractivity contribution in [1.29, 1.82) is 0 Å². The maximum absolute atomic E-state index is 11.6. The second-order valence-corrected chi connectivity index (χ2v) is 5.67. The van der Waals surface area contributed by atoms with Crippen LogP contribution in [0.4, 0.5) is 5.69 Å². The van der Waals surface area contributed by atoms with Gasteiger partial charge in [-0.05, 0) is 50.1 Å². The van der Waals surface area contributed by atoms with Gasteiger partial charge in [0.05, 0.1) is 0 Å². The molecular weight excluding hydrogens is 374 g/mol. The first-order valence-electron chi connectivity index (χ1n) is 5.49. The topological polar surface area (TPSA) is 68.0 Å². The lowest BCUT2D eigenvalue weighted by atomic mass is 10.1. The molecule has 1 atom stereocenters. The van der Waals surface area contributed by atoms with Gasteiger partial charge >= 0.3 is 0 Å². The summed E-state index contributed by atoms with van der Waals surface area (Å²) in [5.74, 6) is -0.462. The Morgan fingerprint density at radius 2 is 2.00 bits per heavy atom. The van der Waals surface area contributed by atoms with Crippen molar-refractivity contribution < 1.29 is 4.79 Å². The molecular formula is C13H11Br2N3O. The molecule has 3 N–H and O–H groups in total. The molecule has 98 valence electrons. The van der Waals surface area contributed by atoms with E-state index in [-0.39, 0.29) is 0 Å². The van der Waals surface area contributed by atoms with E-state index >= 15 is 0 Å². The highest BCUT2D eigenvalue weighted by Crippen LogP contribution is 2.26. The first-order valence-corrected chi connectivity index (χ1v) is 7.07. The van der Waals surface area contributed by atoms with Crippen LogP contribution in [-0.2, 0) is 4.79 Å². The van der Waals surface area contributed by atoms with Crippen molar-refractivity contribution in [3.63, 3.8) is 0 Å². The number of amides is 1. The normalized spacial score (nSPS) is 11.9. The third-order valence-electron chi connectivity index (χ3n) is 2.52. The van der Waals surface area contributed by atoms with Crippen molar-refractivity contribution in [2.24, 2.45) is 5.73 Å². The third kappa shape index (κ3) is 3.54. The maximum atomic E-state index is 11.6. The molecule has 0 radical (unpaired) electrons. The minimum absolute atomic E-state index is 0.462. The Morgan fingerprint density at radius 3 is 2.63 bits per heavy atom. The van der Waals surface area contributed by atoms with Gasteiger partial charge in [-0.3, -0.25) is 9.78 Å². The van der Waals surface area contributed by atoms with Gasteiger partial charge in [0.2, 0.25) is 5.91 Å². The number of aromatic nitrogens is 1. The predicted molar refractivity (Wildman–Crippen MR) is 81.6 cm³/mol. The zero-order chi connectivity index (χ0) is 13.8. The average molecular weight is 385 g/mol. The molecule has 0 saturated carbocycles. The number of hydrogen-bond donors (Lipinski definition) is 2. The number of rotatable bonds is 4. The molecule has 1 heterocycles. The second-order valence-electron chi connectivity index (χ2n) is 3.90. The number of primary amides is 1. The molecule has 1 aromatic heterocycles. The van der Waals surface area contributed by atoms with Gasteiger partial charge in [0.15, 0.2) is 0 Å². The van der Waals surface area contributed by atoms with Crippen LogP contribution in [0.15, 0.2) is 51.7 Å². The number of para-hydroxylation sites is 1. The third-order valence-corrected chi connectivity index (χ3v) is 3.64. The number of halogens is 2. The molecule has 1 unspecified atom stereocenters. The average Bonchev–Trinajstić information content (AvgIpc) is 2.37. The van der Waals surface area contributed by atoms with Gasteiger partial charge in [-0.15, -0.1) is 0 Å². The molecule has 1 amide bonds. The van der Waals surface area contributed by atoms with Crippen LogP contribution < -0.4 is 11.1 Å². The number of carbonyl (C=O) groups excluding carboxylic acids is 1. The van der Waals surface area contributed by atoms with E-state index in [9.17, 15) is 4.79 Å². The fourth-order valence-corrected chi connectivity index (χ4v) is 2.42. The van der Waals surface area contributed by atoms with Crippen molar-refractivity contribution in [3.05, 3.63) is 57.2 Å². The summed E-state index contributed by atoms with van der Waals surface area (Å²) in [5, 5.41) is 3.11. The van der Waals surface area contributed by atoms with E-state index in [2.05, 4.69) is 42.2 Å². The molecule has 0 aliphatic carbocycles. The fraction of sp³-hybridized carbons (Fsp3) is 0.0769. The number of hydrogen-bond acceptors (Lipinski definition) is 3. The summed E-state index contributed by atoms with van der Waals surface area (Å²) in [4.78, 5) is 15.7. The standard InChI is InChI=1S/C13H11Br2N3O/c14-9-5-8(6-17-7-9)12(13(16)19)18-11-4-2-1-3-10(11)15/h1-7,12,18H,(H2,16,19). The Labute approximate surface area is 127 Å². The molecule has 2 aromatic rings. The summed E-state index contributed by atoms with van der Waals surface area (Å²) in [6.45, 7) is 0. The molecule has 19 heavy (non-hydrogen) atoms. The highest BCUT2D eigenvalue weighted by Gasteiger charge is 2.19. The molecule has 6 heteroatoms. The summed E-state index contributed by atoms with van der Waals surface area (Å²) >= 11 is 6.75. The van der Waals surface area contributed by atoms with Crippen LogP contribution >= 0.6 is 31.9 Å². The lowest BCUT2D eigenvalue weighted by molar-refractivity contribution is -0.118. The van der Waals surface area contributed by atoms with Crippen LogP contribution in [0.1, 0.15) is 11.6 Å². The summed E-state index contributed by atoms with van der Waals surface area (Å²) in [7, 11) is 0. The van der Waals surface area contributed by atoms with E-state index in [4.69, 9.17) is 5.73 Å². The van der Waals surface area contributed by atoms with Gasteiger partial charge in [0, 0.05) is 32.6 Å². The first kappa shape index (κ1) is 14.0. The zero-order valence-corrected chi connectivity index (χ0v) is 13.0. The molecule has 1 aromatic carbocycles. The number of pyridine rings is 1. The maximum Gasteiger partial charge on any atom is 0.244 e. The lowest BCUT2D eigenvalue weighted by Crippen LogP contribution is -2.28. The Hall–Kier alpha value is -1.40. The smallest absolute Gasteiger partial charge is 0.244 e. The number of carbonyl (C=O) groups is 1. The van der Waals surface area contributed by atoms with Gasteiger partial charge in [-0.2, -0.15) is 0 Å². The van der Waals surface area contributed by atoms with Gasteiger partial charge in [0.1, 0.15) is 6.04 Å². The summed E-state index contributed by atoms with van der Waals surface area (Å²) in [6, 6.07) is 8.71. The monoisotopic (exact) mass is 383 g/mol. The van der Waals surface area contributed by atoms with E-state index in [0.717, 1.165) is 14.6 Å². The quantitative estimate of drug-likeness (QED) is 0.850. The largest absolute Gasteiger partial charge is 0.369 e. The molecule has 0 bridgehead atoms. The summed E-state index contributed by atoms with van der Waals surface area (Å²) in [5.41, 5.74) is 6.96. The molecule has 0 saturated heterocycles. The van der Waals surface area contributed by atoms with Crippen LogP contribution in [0.3, 0.4) is 0 Å². The lowest BCUT2D eigenvalue weighted by Gasteiger charge is -2.18. The zero-order valence-electron chi connectivity index (χ0n) is 9.81. The number of benzene rings is 1. The van der Waals surface area contributed by atoms with E-state index in [0.29, 0.717) is 5.56 Å². The fourth-order valence-electron chi connectivity index (χ4n) is 1.64. The second kappa shape index (κ2) is 6.16. The van der Waals surface area contributed by atoms with E-state index in [1.165, 1.54) is 0 Å². The summed E-state index contributed by atoms with van der Waals surface area (Å²) < 4.78 is 1.66. The van der Waals surface area contributed by atoms with Gasteiger partial charge < -0.3 is 11.1 Å². The Kier molecular flexibility index (Phi) is 4.55. The van der Waals surface area contributed by atoms with Crippen LogP contribution in [0.2, 0.25) is 0 Å². The number of nitrogens with one attached hydrogen (secondary N) is 1. The highest BCUT2D eigenvalue weighted by atomic mass is 79.9. The minimum atomic E-state index is -0.635. The Morgan fingerprint density at radius 1 is 1.26 bits per heavy atom. The van der Waals surface area contributed by atoms with Gasteiger partial charge in [-0.1, -0.05) is 12.1 Å². The molecule has 2 rings (SSSR count). The van der Waals surface area contributed by atoms with E-state index in [1.807, 2.05) is 30.3 Å². The first-order chi connectivity index (χ1) is 9.08. The Balaban J connectivity index is 2.32. The molecule has 4 nitrogen and oxygen atoms in total. The highest BCUT2D eigenvalue weighted by molar-refractivity contribution is 9.10. The molecule has 0 fully saturated rings. The van der Waals surface area contributed by atoms with Gasteiger partial charge in [0.25, 0.3) is 0 Å². The SMILES string of the molecule is NC(=O)C(Nc1ccccc1Br)c1cncc(Br)c1. The number of nitrogens with two attached hydrogens (primary N) is 1. The van der Waals surface area contributed by atoms with Crippen molar-refractivity contribution in [3.8, 4) is 0 Å².